The van der Waals surface area contributed by atoms with Crippen molar-refractivity contribution < 1.29 is 13.2 Å². The standard InChI is InChI=1S/C15H16F2N4O/c16-10-1-2-13(17)12(9-10)14-18-19-15(22-14)21-8-7-20-5-3-11(21)4-6-20/h1-2,9,11H,3-8H2. The molecule has 3 fully saturated rings. The van der Waals surface area contributed by atoms with Crippen LogP contribution in [0.1, 0.15) is 12.8 Å². The zero-order valence-corrected chi connectivity index (χ0v) is 12.0. The molecule has 0 aliphatic carbocycles. The number of nitrogens with zero attached hydrogens (tertiary/aromatic N) is 4. The average Bonchev–Trinajstić information content (AvgIpc) is 2.82. The van der Waals surface area contributed by atoms with Gasteiger partial charge in [-0.3, -0.25) is 0 Å². The third-order valence-corrected chi connectivity index (χ3v) is 4.47. The Balaban J connectivity index is 1.65. The highest BCUT2D eigenvalue weighted by Gasteiger charge is 2.32. The number of hydrogen-bond donors (Lipinski definition) is 0. The first kappa shape index (κ1) is 13.6. The van der Waals surface area contributed by atoms with Crippen molar-refractivity contribution in [3.05, 3.63) is 29.8 Å². The minimum absolute atomic E-state index is 0.00150. The molecule has 1 aromatic heterocycles. The van der Waals surface area contributed by atoms with E-state index in [1.165, 1.54) is 0 Å². The van der Waals surface area contributed by atoms with E-state index in [0.29, 0.717) is 12.1 Å². The van der Waals surface area contributed by atoms with Gasteiger partial charge in [0.15, 0.2) is 0 Å². The van der Waals surface area contributed by atoms with Crippen LogP contribution in [0.2, 0.25) is 0 Å². The Kier molecular flexibility index (Phi) is 3.29. The first-order chi connectivity index (χ1) is 10.7. The molecule has 0 spiro atoms. The zero-order chi connectivity index (χ0) is 15.1. The largest absolute Gasteiger partial charge is 0.403 e. The maximum Gasteiger partial charge on any atom is 0.318 e. The summed E-state index contributed by atoms with van der Waals surface area (Å²) >= 11 is 0. The molecule has 0 N–H and O–H groups in total. The third kappa shape index (κ3) is 2.35. The Hall–Kier alpha value is -2.02. The molecular weight excluding hydrogens is 290 g/mol. The van der Waals surface area contributed by atoms with E-state index < -0.39 is 11.6 Å². The quantitative estimate of drug-likeness (QED) is 0.852. The molecule has 116 valence electrons. The van der Waals surface area contributed by atoms with Gasteiger partial charge in [-0.1, -0.05) is 5.10 Å². The summed E-state index contributed by atoms with van der Waals surface area (Å²) in [5.41, 5.74) is 0.00150. The fraction of sp³-hybridized carbons (Fsp3) is 0.467. The Morgan fingerprint density at radius 2 is 1.86 bits per heavy atom. The molecule has 0 amide bonds. The van der Waals surface area contributed by atoms with E-state index >= 15 is 0 Å². The monoisotopic (exact) mass is 306 g/mol. The molecule has 0 atom stereocenters. The smallest absolute Gasteiger partial charge is 0.318 e. The van der Waals surface area contributed by atoms with Crippen LogP contribution in [0.25, 0.3) is 11.5 Å². The molecular formula is C15H16F2N4O. The Bertz CT molecular complexity index is 682. The van der Waals surface area contributed by atoms with E-state index in [-0.39, 0.29) is 11.5 Å². The summed E-state index contributed by atoms with van der Waals surface area (Å²) in [6, 6.07) is 3.98. The van der Waals surface area contributed by atoms with Crippen LogP contribution in [-0.2, 0) is 0 Å². The minimum atomic E-state index is -0.570. The van der Waals surface area contributed by atoms with Gasteiger partial charge in [0, 0.05) is 32.2 Å². The van der Waals surface area contributed by atoms with Gasteiger partial charge in [-0.05, 0) is 31.0 Å². The molecule has 3 saturated heterocycles. The van der Waals surface area contributed by atoms with Crippen LogP contribution in [0.4, 0.5) is 14.8 Å². The highest BCUT2D eigenvalue weighted by atomic mass is 19.1. The molecule has 7 heteroatoms. The van der Waals surface area contributed by atoms with Crippen LogP contribution in [0.15, 0.2) is 22.6 Å². The van der Waals surface area contributed by atoms with Gasteiger partial charge in [0.1, 0.15) is 11.6 Å². The van der Waals surface area contributed by atoms with Crippen molar-refractivity contribution in [3.8, 4) is 11.5 Å². The van der Waals surface area contributed by atoms with Crippen molar-refractivity contribution in [1.82, 2.24) is 15.1 Å². The number of halogens is 2. The molecule has 3 aliphatic heterocycles. The second kappa shape index (κ2) is 5.31. The fourth-order valence-electron chi connectivity index (χ4n) is 3.24. The number of hydrogen-bond acceptors (Lipinski definition) is 5. The predicted molar refractivity (Wildman–Crippen MR) is 76.5 cm³/mol. The van der Waals surface area contributed by atoms with Crippen LogP contribution in [0.3, 0.4) is 0 Å². The van der Waals surface area contributed by atoms with Crippen LogP contribution in [0.5, 0.6) is 0 Å². The van der Waals surface area contributed by atoms with Crippen LogP contribution < -0.4 is 4.90 Å². The predicted octanol–water partition coefficient (Wildman–Crippen LogP) is 2.30. The lowest BCUT2D eigenvalue weighted by molar-refractivity contribution is 0.249. The fourth-order valence-corrected chi connectivity index (χ4v) is 3.24. The highest BCUT2D eigenvalue weighted by Crippen LogP contribution is 2.29. The molecule has 22 heavy (non-hydrogen) atoms. The molecule has 0 saturated carbocycles. The van der Waals surface area contributed by atoms with Crippen molar-refractivity contribution in [2.75, 3.05) is 31.1 Å². The van der Waals surface area contributed by atoms with E-state index in [9.17, 15) is 8.78 Å². The second-order valence-corrected chi connectivity index (χ2v) is 5.78. The average molecular weight is 306 g/mol. The number of aromatic nitrogens is 2. The normalized spacial score (nSPS) is 24.5. The first-order valence-electron chi connectivity index (χ1n) is 7.48. The van der Waals surface area contributed by atoms with Gasteiger partial charge in [0.25, 0.3) is 5.89 Å². The van der Waals surface area contributed by atoms with E-state index in [1.807, 2.05) is 0 Å². The molecule has 2 bridgehead atoms. The van der Waals surface area contributed by atoms with Gasteiger partial charge in [0.05, 0.1) is 5.56 Å². The third-order valence-electron chi connectivity index (χ3n) is 4.47. The second-order valence-electron chi connectivity index (χ2n) is 5.78. The lowest BCUT2D eigenvalue weighted by atomic mass is 10.1. The maximum absolute atomic E-state index is 13.8. The van der Waals surface area contributed by atoms with Crippen molar-refractivity contribution >= 4 is 6.01 Å². The van der Waals surface area contributed by atoms with Crippen molar-refractivity contribution in [3.63, 3.8) is 0 Å². The number of anilines is 1. The molecule has 5 nitrogen and oxygen atoms in total. The van der Waals surface area contributed by atoms with Gasteiger partial charge in [-0.2, -0.15) is 0 Å². The molecule has 3 aliphatic rings. The van der Waals surface area contributed by atoms with Crippen molar-refractivity contribution in [2.24, 2.45) is 0 Å². The molecule has 0 radical (unpaired) electrons. The minimum Gasteiger partial charge on any atom is -0.403 e. The van der Waals surface area contributed by atoms with Gasteiger partial charge < -0.3 is 14.2 Å². The molecule has 4 heterocycles. The summed E-state index contributed by atoms with van der Waals surface area (Å²) < 4.78 is 32.7. The summed E-state index contributed by atoms with van der Waals surface area (Å²) in [7, 11) is 0. The summed E-state index contributed by atoms with van der Waals surface area (Å²) in [4.78, 5) is 4.51. The topological polar surface area (TPSA) is 45.4 Å². The van der Waals surface area contributed by atoms with Crippen molar-refractivity contribution in [1.29, 1.82) is 0 Å². The van der Waals surface area contributed by atoms with Crippen LogP contribution >= 0.6 is 0 Å². The summed E-state index contributed by atoms with van der Waals surface area (Å²) in [5.74, 6) is -1.08. The van der Waals surface area contributed by atoms with Gasteiger partial charge >= 0.3 is 6.01 Å². The van der Waals surface area contributed by atoms with Crippen molar-refractivity contribution in [2.45, 2.75) is 18.9 Å². The molecule has 1 aromatic carbocycles. The van der Waals surface area contributed by atoms with E-state index in [0.717, 1.165) is 57.2 Å². The van der Waals surface area contributed by atoms with Gasteiger partial charge in [0.2, 0.25) is 0 Å². The van der Waals surface area contributed by atoms with Crippen LogP contribution in [-0.4, -0.2) is 47.3 Å². The lowest BCUT2D eigenvalue weighted by Crippen LogP contribution is -2.38. The molecule has 0 unspecified atom stereocenters. The Labute approximate surface area is 126 Å². The van der Waals surface area contributed by atoms with Gasteiger partial charge in [-0.15, -0.1) is 5.10 Å². The van der Waals surface area contributed by atoms with E-state index in [2.05, 4.69) is 20.0 Å². The van der Waals surface area contributed by atoms with Crippen LogP contribution in [0, 0.1) is 11.6 Å². The number of piperidine rings is 1. The van der Waals surface area contributed by atoms with E-state index in [1.54, 1.807) is 0 Å². The summed E-state index contributed by atoms with van der Waals surface area (Å²) in [6.07, 6.45) is 2.12. The number of benzene rings is 1. The summed E-state index contributed by atoms with van der Waals surface area (Å²) in [5, 5.41) is 7.94. The molecule has 2 aromatic rings. The summed E-state index contributed by atoms with van der Waals surface area (Å²) in [6.45, 7) is 3.95. The lowest BCUT2D eigenvalue weighted by Gasteiger charge is -2.29. The first-order valence-corrected chi connectivity index (χ1v) is 7.48. The number of rotatable bonds is 2. The Morgan fingerprint density at radius 1 is 1.05 bits per heavy atom. The van der Waals surface area contributed by atoms with Gasteiger partial charge in [-0.25, -0.2) is 8.78 Å². The van der Waals surface area contributed by atoms with E-state index in [4.69, 9.17) is 4.42 Å². The SMILES string of the molecule is Fc1ccc(F)c(-c2nnc(N3CCN4CCC3CC4)o2)c1. The zero-order valence-electron chi connectivity index (χ0n) is 12.0. The molecule has 5 rings (SSSR count). The number of fused-ring (bicyclic) bond motifs is 4. The maximum atomic E-state index is 13.8. The Morgan fingerprint density at radius 3 is 2.68 bits per heavy atom. The highest BCUT2D eigenvalue weighted by molar-refractivity contribution is 5.54.